The zero-order valence-corrected chi connectivity index (χ0v) is 28.1. The highest BCUT2D eigenvalue weighted by atomic mass is 16.6. The molecule has 1 aromatic heterocycles. The monoisotopic (exact) mass is 649 g/mol. The molecule has 3 unspecified atom stereocenters. The minimum absolute atomic E-state index is 0.124. The van der Waals surface area contributed by atoms with E-state index in [-0.39, 0.29) is 18.8 Å². The van der Waals surface area contributed by atoms with Gasteiger partial charge in [-0.1, -0.05) is 129 Å². The van der Waals surface area contributed by atoms with Gasteiger partial charge in [-0.3, -0.25) is 9.59 Å². The summed E-state index contributed by atoms with van der Waals surface area (Å²) in [6.45, 7) is 4.07. The predicted molar refractivity (Wildman–Crippen MR) is 187 cm³/mol. The molecule has 1 aliphatic heterocycles. The SMILES string of the molecule is Cc1cccc(-c2cc(C(=O)C(Cc3ccccc3)C(=O)N3C(=O)OC(c4ccccc4)C3C)oc2CCCCCCCCCCO)c1. The van der Waals surface area contributed by atoms with Gasteiger partial charge in [0.05, 0.1) is 6.04 Å². The first-order valence-electron chi connectivity index (χ1n) is 17.3. The van der Waals surface area contributed by atoms with Gasteiger partial charge in [-0.25, -0.2) is 9.69 Å². The van der Waals surface area contributed by atoms with Crippen LogP contribution in [0.5, 0.6) is 0 Å². The van der Waals surface area contributed by atoms with Crippen LogP contribution in [0.4, 0.5) is 4.79 Å². The Labute approximate surface area is 283 Å². The molecule has 3 aromatic carbocycles. The number of benzene rings is 3. The van der Waals surface area contributed by atoms with Gasteiger partial charge in [0.1, 0.15) is 17.8 Å². The molecule has 2 heterocycles. The minimum atomic E-state index is -1.17. The van der Waals surface area contributed by atoms with E-state index in [1.54, 1.807) is 13.0 Å². The van der Waals surface area contributed by atoms with E-state index in [1.807, 2.05) is 85.8 Å². The van der Waals surface area contributed by atoms with Crippen molar-refractivity contribution in [2.45, 2.75) is 90.2 Å². The molecular formula is C41H47NO6. The minimum Gasteiger partial charge on any atom is -0.457 e. The summed E-state index contributed by atoms with van der Waals surface area (Å²) in [4.78, 5) is 43.0. The predicted octanol–water partition coefficient (Wildman–Crippen LogP) is 9.06. The number of ketones is 1. The number of carbonyl (C=O) groups is 3. The molecule has 1 saturated heterocycles. The van der Waals surface area contributed by atoms with Gasteiger partial charge < -0.3 is 14.3 Å². The lowest BCUT2D eigenvalue weighted by Crippen LogP contribution is -2.44. The Morgan fingerprint density at radius 3 is 2.12 bits per heavy atom. The number of unbranched alkanes of at least 4 members (excludes halogenated alkanes) is 7. The Morgan fingerprint density at radius 1 is 0.812 bits per heavy atom. The van der Waals surface area contributed by atoms with Gasteiger partial charge in [-0.2, -0.15) is 0 Å². The number of cyclic esters (lactones) is 1. The second-order valence-corrected chi connectivity index (χ2v) is 12.9. The van der Waals surface area contributed by atoms with Gasteiger partial charge in [-0.05, 0) is 55.9 Å². The lowest BCUT2D eigenvalue weighted by molar-refractivity contribution is -0.131. The molecule has 4 aromatic rings. The van der Waals surface area contributed by atoms with Crippen molar-refractivity contribution in [1.82, 2.24) is 4.90 Å². The van der Waals surface area contributed by atoms with Crippen LogP contribution in [0.15, 0.2) is 95.4 Å². The largest absolute Gasteiger partial charge is 0.457 e. The zero-order valence-electron chi connectivity index (χ0n) is 28.1. The molecule has 5 rings (SSSR count). The van der Waals surface area contributed by atoms with Crippen LogP contribution >= 0.6 is 0 Å². The highest BCUT2D eigenvalue weighted by Gasteiger charge is 2.47. The van der Waals surface area contributed by atoms with Crippen molar-refractivity contribution in [1.29, 1.82) is 0 Å². The Kier molecular flexibility index (Phi) is 12.4. The lowest BCUT2D eigenvalue weighted by atomic mass is 9.91. The molecule has 7 nitrogen and oxygen atoms in total. The number of hydrogen-bond donors (Lipinski definition) is 1. The van der Waals surface area contributed by atoms with Crippen LogP contribution in [0.3, 0.4) is 0 Å². The van der Waals surface area contributed by atoms with E-state index in [1.165, 1.54) is 6.42 Å². The number of imide groups is 1. The summed E-state index contributed by atoms with van der Waals surface area (Å²) in [5.41, 5.74) is 4.52. The van der Waals surface area contributed by atoms with Crippen LogP contribution in [0.2, 0.25) is 0 Å². The van der Waals surface area contributed by atoms with E-state index in [2.05, 4.69) is 6.07 Å². The van der Waals surface area contributed by atoms with Crippen molar-refractivity contribution in [2.24, 2.45) is 5.92 Å². The number of aliphatic hydroxyl groups is 1. The molecule has 0 saturated carbocycles. The van der Waals surface area contributed by atoms with E-state index >= 15 is 0 Å². The maximum atomic E-state index is 14.4. The van der Waals surface area contributed by atoms with Gasteiger partial charge in [0.25, 0.3) is 0 Å². The highest BCUT2D eigenvalue weighted by Crippen LogP contribution is 2.36. The third-order valence-corrected chi connectivity index (χ3v) is 9.23. The van der Waals surface area contributed by atoms with Crippen LogP contribution in [0.25, 0.3) is 11.1 Å². The number of Topliss-reactive ketones (excluding diaryl/α,β-unsaturated/α-hetero) is 1. The van der Waals surface area contributed by atoms with Crippen LogP contribution in [0, 0.1) is 12.8 Å². The average Bonchev–Trinajstić information content (AvgIpc) is 3.66. The second-order valence-electron chi connectivity index (χ2n) is 12.9. The molecular weight excluding hydrogens is 602 g/mol. The maximum Gasteiger partial charge on any atom is 0.417 e. The van der Waals surface area contributed by atoms with Crippen molar-refractivity contribution < 1.29 is 28.6 Å². The summed E-state index contributed by atoms with van der Waals surface area (Å²) in [6.07, 6.45) is 7.91. The van der Waals surface area contributed by atoms with Gasteiger partial charge in [-0.15, -0.1) is 0 Å². The summed E-state index contributed by atoms with van der Waals surface area (Å²) < 4.78 is 12.0. The highest BCUT2D eigenvalue weighted by molar-refractivity contribution is 6.12. The molecule has 1 fully saturated rings. The van der Waals surface area contributed by atoms with E-state index in [0.717, 1.165) is 83.4 Å². The molecule has 252 valence electrons. The Balaban J connectivity index is 1.39. The van der Waals surface area contributed by atoms with Crippen molar-refractivity contribution in [3.05, 3.63) is 119 Å². The number of amides is 2. The zero-order chi connectivity index (χ0) is 33.9. The number of carbonyl (C=O) groups excluding carboxylic acids is 3. The molecule has 0 radical (unpaired) electrons. The number of aliphatic hydroxyl groups excluding tert-OH is 1. The standard InChI is InChI=1S/C41H47NO6/c1-29-18-17-23-33(26-29)34-28-37(47-36(34)24-15-7-5-3-4-6-8-16-25-43)38(44)35(27-31-19-11-9-12-20-31)40(45)42-30(2)39(48-41(42)46)32-21-13-10-14-22-32/h9-14,17-23,26,28,30,35,39,43H,3-8,15-16,24-25,27H2,1-2H3. The number of nitrogens with zero attached hydrogens (tertiary/aromatic N) is 1. The number of furan rings is 1. The van der Waals surface area contributed by atoms with Gasteiger partial charge >= 0.3 is 6.09 Å². The molecule has 0 aliphatic carbocycles. The van der Waals surface area contributed by atoms with Crippen LogP contribution in [0.1, 0.15) is 97.4 Å². The van der Waals surface area contributed by atoms with Gasteiger partial charge in [0.15, 0.2) is 5.76 Å². The number of aryl methyl sites for hydroxylation is 2. The average molecular weight is 650 g/mol. The fraction of sp³-hybridized carbons (Fsp3) is 0.390. The summed E-state index contributed by atoms with van der Waals surface area (Å²) in [7, 11) is 0. The Hall–Kier alpha value is -4.49. The smallest absolute Gasteiger partial charge is 0.417 e. The maximum absolute atomic E-state index is 14.4. The normalized spacial score (nSPS) is 16.6. The van der Waals surface area contributed by atoms with Crippen molar-refractivity contribution in [3.63, 3.8) is 0 Å². The van der Waals surface area contributed by atoms with Crippen LogP contribution in [-0.4, -0.2) is 40.4 Å². The molecule has 2 amide bonds. The molecule has 7 heteroatoms. The van der Waals surface area contributed by atoms with Gasteiger partial charge in [0, 0.05) is 18.6 Å². The molecule has 1 N–H and O–H groups in total. The summed E-state index contributed by atoms with van der Waals surface area (Å²) in [6, 6.07) is 28.0. The topological polar surface area (TPSA) is 97.1 Å². The van der Waals surface area contributed by atoms with Crippen molar-refractivity contribution >= 4 is 17.8 Å². The van der Waals surface area contributed by atoms with Crippen LogP contribution < -0.4 is 0 Å². The molecule has 0 bridgehead atoms. The number of rotatable bonds is 17. The van der Waals surface area contributed by atoms with E-state index in [9.17, 15) is 14.4 Å². The quantitative estimate of drug-likeness (QED) is 0.0696. The summed E-state index contributed by atoms with van der Waals surface area (Å²) in [5.74, 6) is -1.36. The van der Waals surface area contributed by atoms with E-state index in [4.69, 9.17) is 14.3 Å². The first-order valence-corrected chi connectivity index (χ1v) is 17.3. The number of hydrogen-bond acceptors (Lipinski definition) is 6. The summed E-state index contributed by atoms with van der Waals surface area (Å²) >= 11 is 0. The summed E-state index contributed by atoms with van der Waals surface area (Å²) in [5, 5.41) is 8.98. The lowest BCUT2D eigenvalue weighted by Gasteiger charge is -2.23. The third-order valence-electron chi connectivity index (χ3n) is 9.23. The Bertz CT molecular complexity index is 1650. The first-order chi connectivity index (χ1) is 23.4. The first kappa shape index (κ1) is 34.8. The van der Waals surface area contributed by atoms with E-state index in [0.29, 0.717) is 6.42 Å². The fourth-order valence-corrected chi connectivity index (χ4v) is 6.58. The van der Waals surface area contributed by atoms with Crippen LogP contribution in [-0.2, 0) is 22.4 Å². The third kappa shape index (κ3) is 8.70. The van der Waals surface area contributed by atoms with Crippen molar-refractivity contribution in [3.8, 4) is 11.1 Å². The number of ether oxygens (including phenoxy) is 1. The second kappa shape index (κ2) is 17.1. The fourth-order valence-electron chi connectivity index (χ4n) is 6.58. The molecule has 0 spiro atoms. The van der Waals surface area contributed by atoms with Gasteiger partial charge in [0.2, 0.25) is 11.7 Å². The molecule has 3 atom stereocenters. The van der Waals surface area contributed by atoms with Crippen molar-refractivity contribution in [2.75, 3.05) is 6.61 Å². The molecule has 1 aliphatic rings. The van der Waals surface area contributed by atoms with E-state index < -0.39 is 35.8 Å². The Morgan fingerprint density at radius 2 is 1.46 bits per heavy atom. The molecule has 48 heavy (non-hydrogen) atoms.